The molecule has 0 aliphatic heterocycles. The third-order valence-corrected chi connectivity index (χ3v) is 3.18. The molecule has 0 fully saturated rings. The van der Waals surface area contributed by atoms with Crippen LogP contribution in [0.25, 0.3) is 0 Å². The van der Waals surface area contributed by atoms with Gasteiger partial charge in [-0.2, -0.15) is 0 Å². The molecule has 6 heteroatoms. The number of phenols is 1. The van der Waals surface area contributed by atoms with Gasteiger partial charge in [0.05, 0.1) is 27.0 Å². The van der Waals surface area contributed by atoms with Gasteiger partial charge in [-0.05, 0) is 24.3 Å². The van der Waals surface area contributed by atoms with Crippen molar-refractivity contribution in [2.24, 2.45) is 4.99 Å². The van der Waals surface area contributed by atoms with Crippen LogP contribution in [0, 0.1) is 0 Å². The lowest BCUT2D eigenvalue weighted by molar-refractivity contribution is 0.0597. The van der Waals surface area contributed by atoms with Gasteiger partial charge >= 0.3 is 5.97 Å². The fraction of sp³-hybridized carbons (Fsp3) is 0.176. The van der Waals surface area contributed by atoms with Gasteiger partial charge in [-0.15, -0.1) is 0 Å². The largest absolute Gasteiger partial charge is 0.507 e. The summed E-state index contributed by atoms with van der Waals surface area (Å²) in [7, 11) is 4.29. The van der Waals surface area contributed by atoms with Gasteiger partial charge in [-0.25, -0.2) is 4.79 Å². The molecule has 2 rings (SSSR count). The molecule has 120 valence electrons. The Hall–Kier alpha value is -3.02. The van der Waals surface area contributed by atoms with Crippen molar-refractivity contribution < 1.29 is 24.1 Å². The van der Waals surface area contributed by atoms with E-state index in [1.165, 1.54) is 33.6 Å². The second kappa shape index (κ2) is 7.31. The van der Waals surface area contributed by atoms with E-state index in [9.17, 15) is 9.90 Å². The molecular weight excluding hydrogens is 298 g/mol. The maximum atomic E-state index is 11.6. The van der Waals surface area contributed by atoms with Gasteiger partial charge < -0.3 is 19.3 Å². The Kier molecular flexibility index (Phi) is 5.19. The smallest absolute Gasteiger partial charge is 0.341 e. The average Bonchev–Trinajstić information content (AvgIpc) is 2.59. The number of aromatic hydroxyl groups is 1. The van der Waals surface area contributed by atoms with Crippen molar-refractivity contribution in [1.82, 2.24) is 0 Å². The number of hydrogen-bond acceptors (Lipinski definition) is 6. The molecule has 0 spiro atoms. The van der Waals surface area contributed by atoms with Gasteiger partial charge in [-0.3, -0.25) is 4.99 Å². The zero-order chi connectivity index (χ0) is 16.8. The van der Waals surface area contributed by atoms with E-state index in [2.05, 4.69) is 9.73 Å². The molecule has 0 bridgehead atoms. The highest BCUT2D eigenvalue weighted by atomic mass is 16.5. The van der Waals surface area contributed by atoms with Crippen LogP contribution in [-0.2, 0) is 4.74 Å². The van der Waals surface area contributed by atoms with E-state index >= 15 is 0 Å². The molecule has 0 heterocycles. The van der Waals surface area contributed by atoms with Gasteiger partial charge in [0.15, 0.2) is 0 Å². The van der Waals surface area contributed by atoms with E-state index in [4.69, 9.17) is 9.47 Å². The number of benzene rings is 2. The predicted octanol–water partition coefficient (Wildman–Crippen LogP) is 2.95. The molecule has 0 saturated heterocycles. The third-order valence-electron chi connectivity index (χ3n) is 3.18. The number of phenolic OH excluding ortho intramolecular Hbond substituents is 1. The van der Waals surface area contributed by atoms with Gasteiger partial charge in [0, 0.05) is 23.9 Å². The monoisotopic (exact) mass is 315 g/mol. The number of ether oxygens (including phenoxy) is 3. The Labute approximate surface area is 134 Å². The first kappa shape index (κ1) is 16.4. The van der Waals surface area contributed by atoms with Gasteiger partial charge in [0.25, 0.3) is 0 Å². The normalized spacial score (nSPS) is 10.6. The molecule has 0 aliphatic carbocycles. The quantitative estimate of drug-likeness (QED) is 0.678. The van der Waals surface area contributed by atoms with Gasteiger partial charge in [0.2, 0.25) is 0 Å². The van der Waals surface area contributed by atoms with Crippen LogP contribution in [0.15, 0.2) is 41.4 Å². The number of aliphatic imine (C=N–C) groups is 1. The van der Waals surface area contributed by atoms with Crippen LogP contribution in [0.3, 0.4) is 0 Å². The number of hydrogen-bond donors (Lipinski definition) is 1. The summed E-state index contributed by atoms with van der Waals surface area (Å²) in [6, 6.07) is 9.77. The Morgan fingerprint density at radius 2 is 1.87 bits per heavy atom. The minimum absolute atomic E-state index is 0.0613. The highest BCUT2D eigenvalue weighted by Gasteiger charge is 2.12. The molecule has 0 radical (unpaired) electrons. The molecule has 2 aromatic rings. The topological polar surface area (TPSA) is 77.4 Å². The highest BCUT2D eigenvalue weighted by Crippen LogP contribution is 2.27. The zero-order valence-electron chi connectivity index (χ0n) is 13.1. The van der Waals surface area contributed by atoms with Crippen LogP contribution < -0.4 is 9.47 Å². The van der Waals surface area contributed by atoms with Crippen LogP contribution in [0.5, 0.6) is 17.2 Å². The maximum Gasteiger partial charge on any atom is 0.341 e. The molecule has 0 unspecified atom stereocenters. The summed E-state index contributed by atoms with van der Waals surface area (Å²) >= 11 is 0. The first-order chi connectivity index (χ1) is 11.1. The summed E-state index contributed by atoms with van der Waals surface area (Å²) in [6.45, 7) is 0. The molecule has 0 atom stereocenters. The minimum atomic E-state index is -0.481. The van der Waals surface area contributed by atoms with Crippen molar-refractivity contribution >= 4 is 17.9 Å². The van der Waals surface area contributed by atoms with Crippen LogP contribution in [-0.4, -0.2) is 38.6 Å². The van der Waals surface area contributed by atoms with E-state index in [-0.39, 0.29) is 5.75 Å². The fourth-order valence-corrected chi connectivity index (χ4v) is 1.94. The van der Waals surface area contributed by atoms with Crippen molar-refractivity contribution in [2.45, 2.75) is 0 Å². The Balaban J connectivity index is 2.28. The van der Waals surface area contributed by atoms with Crippen LogP contribution >= 0.6 is 0 Å². The molecule has 6 nitrogen and oxygen atoms in total. The Bertz CT molecular complexity index is 740. The average molecular weight is 315 g/mol. The number of nitrogens with zero attached hydrogens (tertiary/aromatic N) is 1. The van der Waals surface area contributed by atoms with Crippen molar-refractivity contribution in [1.29, 1.82) is 0 Å². The van der Waals surface area contributed by atoms with Crippen LogP contribution in [0.4, 0.5) is 5.69 Å². The molecule has 0 aliphatic rings. The van der Waals surface area contributed by atoms with Crippen LogP contribution in [0.2, 0.25) is 0 Å². The van der Waals surface area contributed by atoms with Gasteiger partial charge in [0.1, 0.15) is 22.8 Å². The van der Waals surface area contributed by atoms with Crippen molar-refractivity contribution in [3.8, 4) is 17.2 Å². The Morgan fingerprint density at radius 1 is 1.09 bits per heavy atom. The third kappa shape index (κ3) is 3.79. The van der Waals surface area contributed by atoms with E-state index in [0.717, 1.165) is 0 Å². The highest BCUT2D eigenvalue weighted by molar-refractivity contribution is 5.93. The molecule has 0 aromatic heterocycles. The molecule has 1 N–H and O–H groups in total. The SMILES string of the molecule is COC(=O)c1ccc(N=Cc2ccc(OC)cc2O)cc1OC. The number of rotatable bonds is 5. The fourth-order valence-electron chi connectivity index (χ4n) is 1.94. The summed E-state index contributed by atoms with van der Waals surface area (Å²) in [5.41, 5.74) is 1.44. The predicted molar refractivity (Wildman–Crippen MR) is 86.2 cm³/mol. The second-order valence-electron chi connectivity index (χ2n) is 4.56. The molecule has 0 saturated carbocycles. The summed E-state index contributed by atoms with van der Waals surface area (Å²) < 4.78 is 14.9. The summed E-state index contributed by atoms with van der Waals surface area (Å²) in [5, 5.41) is 9.89. The van der Waals surface area contributed by atoms with E-state index in [0.29, 0.717) is 28.3 Å². The first-order valence-electron chi connectivity index (χ1n) is 6.76. The van der Waals surface area contributed by atoms with E-state index in [1.54, 1.807) is 30.3 Å². The van der Waals surface area contributed by atoms with Crippen molar-refractivity contribution in [2.75, 3.05) is 21.3 Å². The Morgan fingerprint density at radius 3 is 2.48 bits per heavy atom. The summed E-state index contributed by atoms with van der Waals surface area (Å²) in [4.78, 5) is 15.9. The molecule has 23 heavy (non-hydrogen) atoms. The standard InChI is InChI=1S/C17H17NO5/c1-21-13-6-4-11(15(19)9-13)10-18-12-5-7-14(17(20)23-3)16(8-12)22-2/h4-10,19H,1-3H3. The number of esters is 1. The molecule has 2 aromatic carbocycles. The summed E-state index contributed by atoms with van der Waals surface area (Å²) in [6.07, 6.45) is 1.52. The number of carbonyl (C=O) groups excluding carboxylic acids is 1. The van der Waals surface area contributed by atoms with E-state index in [1.807, 2.05) is 0 Å². The maximum absolute atomic E-state index is 11.6. The van der Waals surface area contributed by atoms with Crippen LogP contribution in [0.1, 0.15) is 15.9 Å². The lowest BCUT2D eigenvalue weighted by atomic mass is 10.1. The van der Waals surface area contributed by atoms with Gasteiger partial charge in [-0.1, -0.05) is 0 Å². The summed E-state index contributed by atoms with van der Waals surface area (Å²) in [5.74, 6) is 0.505. The first-order valence-corrected chi connectivity index (χ1v) is 6.76. The number of carbonyl (C=O) groups is 1. The zero-order valence-corrected chi connectivity index (χ0v) is 13.1. The van der Waals surface area contributed by atoms with E-state index < -0.39 is 5.97 Å². The molecule has 0 amide bonds. The number of methoxy groups -OCH3 is 3. The van der Waals surface area contributed by atoms with Crippen molar-refractivity contribution in [3.63, 3.8) is 0 Å². The lowest BCUT2D eigenvalue weighted by Crippen LogP contribution is -2.03. The second-order valence-corrected chi connectivity index (χ2v) is 4.56. The minimum Gasteiger partial charge on any atom is -0.507 e. The molecular formula is C17H17NO5. The van der Waals surface area contributed by atoms with Crippen molar-refractivity contribution in [3.05, 3.63) is 47.5 Å². The lowest BCUT2D eigenvalue weighted by Gasteiger charge is -2.07.